The number of aromatic nitrogens is 3. The summed E-state index contributed by atoms with van der Waals surface area (Å²) in [5.74, 6) is -0.0375. The van der Waals surface area contributed by atoms with Gasteiger partial charge >= 0.3 is 0 Å². The van der Waals surface area contributed by atoms with E-state index in [0.717, 1.165) is 17.4 Å². The highest BCUT2D eigenvalue weighted by molar-refractivity contribution is 8.00. The molecule has 20 heavy (non-hydrogen) atoms. The van der Waals surface area contributed by atoms with E-state index in [4.69, 9.17) is 0 Å². The van der Waals surface area contributed by atoms with Crippen LogP contribution in [-0.2, 0) is 11.3 Å². The van der Waals surface area contributed by atoms with Gasteiger partial charge in [-0.1, -0.05) is 29.5 Å². The summed E-state index contributed by atoms with van der Waals surface area (Å²) in [6.45, 7) is 6.69. The van der Waals surface area contributed by atoms with Crippen molar-refractivity contribution in [2.75, 3.05) is 5.32 Å². The van der Waals surface area contributed by atoms with Crippen molar-refractivity contribution >= 4 is 23.4 Å². The fourth-order valence-corrected chi connectivity index (χ4v) is 2.53. The second-order valence-electron chi connectivity index (χ2n) is 4.51. The van der Waals surface area contributed by atoms with E-state index in [-0.39, 0.29) is 11.2 Å². The van der Waals surface area contributed by atoms with Gasteiger partial charge in [0.15, 0.2) is 5.16 Å². The average Bonchev–Trinajstić information content (AvgIpc) is 2.88. The van der Waals surface area contributed by atoms with E-state index in [9.17, 15) is 4.79 Å². The molecule has 0 fully saturated rings. The molecular formula is C14H18N4OS. The summed E-state index contributed by atoms with van der Waals surface area (Å²) in [5, 5.41) is 11.3. The molecule has 0 spiro atoms. The van der Waals surface area contributed by atoms with Gasteiger partial charge in [0.05, 0.1) is 5.25 Å². The normalized spacial score (nSPS) is 12.2. The van der Waals surface area contributed by atoms with Crippen molar-refractivity contribution in [1.82, 2.24) is 14.8 Å². The number of rotatable bonds is 5. The van der Waals surface area contributed by atoms with Crippen LogP contribution in [0.3, 0.4) is 0 Å². The lowest BCUT2D eigenvalue weighted by Gasteiger charge is -2.12. The van der Waals surface area contributed by atoms with E-state index in [1.807, 2.05) is 49.6 Å². The van der Waals surface area contributed by atoms with Crippen LogP contribution >= 0.6 is 11.8 Å². The molecule has 0 radical (unpaired) electrons. The van der Waals surface area contributed by atoms with Crippen LogP contribution in [0, 0.1) is 6.92 Å². The molecule has 1 heterocycles. The molecule has 5 nitrogen and oxygen atoms in total. The van der Waals surface area contributed by atoms with Crippen molar-refractivity contribution in [3.63, 3.8) is 0 Å². The van der Waals surface area contributed by atoms with Gasteiger partial charge < -0.3 is 9.88 Å². The Balaban J connectivity index is 1.97. The van der Waals surface area contributed by atoms with Crippen LogP contribution in [0.15, 0.2) is 35.7 Å². The largest absolute Gasteiger partial charge is 0.325 e. The summed E-state index contributed by atoms with van der Waals surface area (Å²) in [4.78, 5) is 12.1. The Morgan fingerprint density at radius 2 is 2.10 bits per heavy atom. The Labute approximate surface area is 122 Å². The Morgan fingerprint density at radius 1 is 1.40 bits per heavy atom. The first kappa shape index (κ1) is 14.6. The van der Waals surface area contributed by atoms with Crippen LogP contribution in [0.4, 0.5) is 5.69 Å². The van der Waals surface area contributed by atoms with Gasteiger partial charge in [-0.05, 0) is 32.9 Å². The molecule has 1 aromatic heterocycles. The number of anilines is 1. The number of carbonyl (C=O) groups excluding carboxylic acids is 1. The zero-order valence-corrected chi connectivity index (χ0v) is 12.6. The lowest BCUT2D eigenvalue weighted by molar-refractivity contribution is -0.115. The summed E-state index contributed by atoms with van der Waals surface area (Å²) in [6, 6.07) is 7.75. The van der Waals surface area contributed by atoms with Gasteiger partial charge in [-0.3, -0.25) is 4.79 Å². The zero-order valence-electron chi connectivity index (χ0n) is 11.8. The van der Waals surface area contributed by atoms with Crippen molar-refractivity contribution in [2.45, 2.75) is 37.7 Å². The molecule has 1 atom stereocenters. The predicted octanol–water partition coefficient (Wildman–Crippen LogP) is 2.73. The first-order valence-electron chi connectivity index (χ1n) is 6.52. The Morgan fingerprint density at radius 3 is 2.75 bits per heavy atom. The topological polar surface area (TPSA) is 59.8 Å². The van der Waals surface area contributed by atoms with Crippen molar-refractivity contribution < 1.29 is 4.79 Å². The minimum absolute atomic E-state index is 0.0375. The quantitative estimate of drug-likeness (QED) is 0.860. The van der Waals surface area contributed by atoms with Crippen LogP contribution in [0.2, 0.25) is 0 Å². The Bertz CT molecular complexity index is 579. The van der Waals surface area contributed by atoms with Crippen molar-refractivity contribution in [3.8, 4) is 0 Å². The van der Waals surface area contributed by atoms with Crippen molar-refractivity contribution in [1.29, 1.82) is 0 Å². The standard InChI is InChI=1S/C14H18N4OS/c1-4-18-9-15-17-14(18)20-11(3)13(19)16-12-7-5-10(2)6-8-12/h5-9,11H,4H2,1-3H3,(H,16,19)/t11-/m0/s1. The highest BCUT2D eigenvalue weighted by Crippen LogP contribution is 2.22. The zero-order chi connectivity index (χ0) is 14.5. The second-order valence-corrected chi connectivity index (χ2v) is 5.82. The van der Waals surface area contributed by atoms with E-state index < -0.39 is 0 Å². The smallest absolute Gasteiger partial charge is 0.237 e. The molecule has 1 aromatic carbocycles. The van der Waals surface area contributed by atoms with Gasteiger partial charge in [0, 0.05) is 12.2 Å². The van der Waals surface area contributed by atoms with E-state index >= 15 is 0 Å². The first-order chi connectivity index (χ1) is 9.60. The number of hydrogen-bond acceptors (Lipinski definition) is 4. The van der Waals surface area contributed by atoms with Crippen LogP contribution in [0.25, 0.3) is 0 Å². The van der Waals surface area contributed by atoms with Crippen LogP contribution < -0.4 is 5.32 Å². The third-order valence-corrected chi connectivity index (χ3v) is 3.99. The number of aryl methyl sites for hydroxylation is 2. The molecule has 0 saturated carbocycles. The number of nitrogens with one attached hydrogen (secondary N) is 1. The Hall–Kier alpha value is -1.82. The fourth-order valence-electron chi connectivity index (χ4n) is 1.64. The molecule has 0 bridgehead atoms. The second kappa shape index (κ2) is 6.56. The molecule has 0 unspecified atom stereocenters. The summed E-state index contributed by atoms with van der Waals surface area (Å²) in [5.41, 5.74) is 1.98. The third kappa shape index (κ3) is 3.60. The van der Waals surface area contributed by atoms with Crippen LogP contribution in [-0.4, -0.2) is 25.9 Å². The van der Waals surface area contributed by atoms with Gasteiger partial charge in [-0.25, -0.2) is 0 Å². The molecule has 1 N–H and O–H groups in total. The number of carbonyl (C=O) groups is 1. The Kier molecular flexibility index (Phi) is 4.79. The maximum absolute atomic E-state index is 12.1. The summed E-state index contributed by atoms with van der Waals surface area (Å²) in [7, 11) is 0. The SMILES string of the molecule is CCn1cnnc1S[C@@H](C)C(=O)Nc1ccc(C)cc1. The van der Waals surface area contributed by atoms with E-state index in [2.05, 4.69) is 15.5 Å². The van der Waals surface area contributed by atoms with Gasteiger partial charge in [-0.15, -0.1) is 10.2 Å². The van der Waals surface area contributed by atoms with Gasteiger partial charge in [0.25, 0.3) is 0 Å². The lowest BCUT2D eigenvalue weighted by Crippen LogP contribution is -2.22. The van der Waals surface area contributed by atoms with E-state index in [1.165, 1.54) is 17.3 Å². The van der Waals surface area contributed by atoms with Crippen LogP contribution in [0.5, 0.6) is 0 Å². The molecule has 2 aromatic rings. The maximum Gasteiger partial charge on any atom is 0.237 e. The molecular weight excluding hydrogens is 272 g/mol. The molecule has 106 valence electrons. The predicted molar refractivity (Wildman–Crippen MR) is 80.8 cm³/mol. The summed E-state index contributed by atoms with van der Waals surface area (Å²) >= 11 is 1.41. The summed E-state index contributed by atoms with van der Waals surface area (Å²) < 4.78 is 1.92. The minimum Gasteiger partial charge on any atom is -0.325 e. The van der Waals surface area contributed by atoms with Crippen molar-refractivity contribution in [2.24, 2.45) is 0 Å². The van der Waals surface area contributed by atoms with E-state index in [1.54, 1.807) is 6.33 Å². The average molecular weight is 290 g/mol. The highest BCUT2D eigenvalue weighted by atomic mass is 32.2. The van der Waals surface area contributed by atoms with Crippen molar-refractivity contribution in [3.05, 3.63) is 36.2 Å². The number of nitrogens with zero attached hydrogens (tertiary/aromatic N) is 3. The summed E-state index contributed by atoms with van der Waals surface area (Å²) in [6.07, 6.45) is 1.67. The highest BCUT2D eigenvalue weighted by Gasteiger charge is 2.17. The third-order valence-electron chi connectivity index (χ3n) is 2.89. The van der Waals surface area contributed by atoms with Gasteiger partial charge in [0.2, 0.25) is 5.91 Å². The molecule has 6 heteroatoms. The molecule has 1 amide bonds. The number of benzene rings is 1. The minimum atomic E-state index is -0.231. The van der Waals surface area contributed by atoms with Gasteiger partial charge in [0.1, 0.15) is 6.33 Å². The van der Waals surface area contributed by atoms with Crippen LogP contribution in [0.1, 0.15) is 19.4 Å². The first-order valence-corrected chi connectivity index (χ1v) is 7.40. The molecule has 0 aliphatic rings. The van der Waals surface area contributed by atoms with Gasteiger partial charge in [-0.2, -0.15) is 0 Å². The molecule has 0 saturated heterocycles. The fraction of sp³-hybridized carbons (Fsp3) is 0.357. The number of hydrogen-bond donors (Lipinski definition) is 1. The molecule has 0 aliphatic heterocycles. The lowest BCUT2D eigenvalue weighted by atomic mass is 10.2. The molecule has 0 aliphatic carbocycles. The monoisotopic (exact) mass is 290 g/mol. The number of thioether (sulfide) groups is 1. The maximum atomic E-state index is 12.1. The number of amides is 1. The molecule has 2 rings (SSSR count). The van der Waals surface area contributed by atoms with E-state index in [0.29, 0.717) is 0 Å².